The number of amides is 1. The Morgan fingerprint density at radius 2 is 2.43 bits per heavy atom. The number of nitrogens with zero attached hydrogens (tertiary/aromatic N) is 1. The van der Waals surface area contributed by atoms with Gasteiger partial charge in [-0.1, -0.05) is 0 Å². The molecule has 1 amide bonds. The Morgan fingerprint density at radius 3 is 3.00 bits per heavy atom. The molecular weight excluding hydrogens is 182 g/mol. The minimum atomic E-state index is -0.373. The zero-order valence-corrected chi connectivity index (χ0v) is 8.03. The first-order valence-electron chi connectivity index (χ1n) is 4.78. The average Bonchev–Trinajstić information content (AvgIpc) is 2.66. The van der Waals surface area contributed by atoms with Crippen LogP contribution in [0.25, 0.3) is 0 Å². The Labute approximate surface area is 83.2 Å². The molecule has 2 atom stereocenters. The maximum absolute atomic E-state index is 11.4. The number of ether oxygens (including phenoxy) is 1. The molecule has 1 rings (SSSR count). The van der Waals surface area contributed by atoms with Gasteiger partial charge >= 0.3 is 0 Å². The van der Waals surface area contributed by atoms with Crippen LogP contribution in [-0.2, 0) is 9.53 Å². The van der Waals surface area contributed by atoms with Gasteiger partial charge in [0.2, 0.25) is 5.91 Å². The van der Waals surface area contributed by atoms with Crippen LogP contribution < -0.4 is 11.1 Å². The summed E-state index contributed by atoms with van der Waals surface area (Å²) in [5, 5.41) is 10.9. The van der Waals surface area contributed by atoms with Crippen LogP contribution in [0.3, 0.4) is 0 Å². The molecule has 78 valence electrons. The normalized spacial score (nSPS) is 25.7. The lowest BCUT2D eigenvalue weighted by Crippen LogP contribution is -2.35. The summed E-state index contributed by atoms with van der Waals surface area (Å²) in [4.78, 5) is 11.4. The molecule has 0 aromatic heterocycles. The van der Waals surface area contributed by atoms with Gasteiger partial charge in [0.15, 0.2) is 0 Å². The van der Waals surface area contributed by atoms with Crippen molar-refractivity contribution in [1.82, 2.24) is 5.32 Å². The molecule has 5 heteroatoms. The third kappa shape index (κ3) is 2.98. The summed E-state index contributed by atoms with van der Waals surface area (Å²) in [7, 11) is 0. The number of rotatable bonds is 4. The molecule has 0 bridgehead atoms. The van der Waals surface area contributed by atoms with Gasteiger partial charge in [0.25, 0.3) is 0 Å². The van der Waals surface area contributed by atoms with Crippen molar-refractivity contribution in [2.24, 2.45) is 5.73 Å². The quantitative estimate of drug-likeness (QED) is 0.596. The second-order valence-corrected chi connectivity index (χ2v) is 3.26. The molecule has 1 fully saturated rings. The van der Waals surface area contributed by atoms with E-state index in [2.05, 4.69) is 5.32 Å². The number of hydrogen-bond donors (Lipinski definition) is 2. The van der Waals surface area contributed by atoms with Gasteiger partial charge in [-0.05, 0) is 12.8 Å². The summed E-state index contributed by atoms with van der Waals surface area (Å²) in [6.45, 7) is 0.852. The monoisotopic (exact) mass is 197 g/mol. The SMILES string of the molecule is N#CCCNC(=O)C1CCC(CN)O1. The van der Waals surface area contributed by atoms with Crippen molar-refractivity contribution >= 4 is 5.91 Å². The lowest BCUT2D eigenvalue weighted by Gasteiger charge is -2.11. The van der Waals surface area contributed by atoms with Crippen LogP contribution in [0.5, 0.6) is 0 Å². The number of carbonyl (C=O) groups is 1. The third-order valence-corrected chi connectivity index (χ3v) is 2.20. The highest BCUT2D eigenvalue weighted by Crippen LogP contribution is 2.18. The lowest BCUT2D eigenvalue weighted by atomic mass is 10.2. The summed E-state index contributed by atoms with van der Waals surface area (Å²) in [6, 6.07) is 1.96. The summed E-state index contributed by atoms with van der Waals surface area (Å²) >= 11 is 0. The van der Waals surface area contributed by atoms with Gasteiger partial charge in [-0.3, -0.25) is 4.79 Å². The van der Waals surface area contributed by atoms with Gasteiger partial charge in [-0.15, -0.1) is 0 Å². The van der Waals surface area contributed by atoms with Gasteiger partial charge in [0, 0.05) is 13.1 Å². The highest BCUT2D eigenvalue weighted by molar-refractivity contribution is 5.80. The van der Waals surface area contributed by atoms with Crippen molar-refractivity contribution in [2.45, 2.75) is 31.5 Å². The number of nitrogens with one attached hydrogen (secondary N) is 1. The van der Waals surface area contributed by atoms with E-state index in [0.29, 0.717) is 19.5 Å². The van der Waals surface area contributed by atoms with E-state index in [1.165, 1.54) is 0 Å². The van der Waals surface area contributed by atoms with Gasteiger partial charge in [-0.2, -0.15) is 5.26 Å². The van der Waals surface area contributed by atoms with E-state index in [1.54, 1.807) is 0 Å². The van der Waals surface area contributed by atoms with E-state index in [9.17, 15) is 4.79 Å². The largest absolute Gasteiger partial charge is 0.364 e. The van der Waals surface area contributed by atoms with E-state index >= 15 is 0 Å². The van der Waals surface area contributed by atoms with Crippen LogP contribution in [0.1, 0.15) is 19.3 Å². The maximum atomic E-state index is 11.4. The third-order valence-electron chi connectivity index (χ3n) is 2.20. The maximum Gasteiger partial charge on any atom is 0.249 e. The van der Waals surface area contributed by atoms with Crippen molar-refractivity contribution in [3.63, 3.8) is 0 Å². The predicted molar refractivity (Wildman–Crippen MR) is 50.2 cm³/mol. The van der Waals surface area contributed by atoms with Crippen molar-refractivity contribution in [3.05, 3.63) is 0 Å². The molecule has 1 saturated heterocycles. The molecule has 14 heavy (non-hydrogen) atoms. The zero-order chi connectivity index (χ0) is 10.4. The summed E-state index contributed by atoms with van der Waals surface area (Å²) in [5.74, 6) is -0.129. The van der Waals surface area contributed by atoms with Crippen LogP contribution in [0.4, 0.5) is 0 Å². The topological polar surface area (TPSA) is 88.1 Å². The van der Waals surface area contributed by atoms with Gasteiger partial charge in [0.05, 0.1) is 18.6 Å². The molecule has 0 aromatic rings. The molecule has 0 aliphatic carbocycles. The molecule has 1 aliphatic rings. The Bertz CT molecular complexity index is 237. The van der Waals surface area contributed by atoms with Gasteiger partial charge in [-0.25, -0.2) is 0 Å². The molecule has 5 nitrogen and oxygen atoms in total. The fraction of sp³-hybridized carbons (Fsp3) is 0.778. The molecule has 2 unspecified atom stereocenters. The molecule has 0 aromatic carbocycles. The first-order chi connectivity index (χ1) is 6.77. The lowest BCUT2D eigenvalue weighted by molar-refractivity contribution is -0.131. The second kappa shape index (κ2) is 5.58. The highest BCUT2D eigenvalue weighted by Gasteiger charge is 2.29. The molecule has 0 spiro atoms. The summed E-state index contributed by atoms with van der Waals surface area (Å²) in [5.41, 5.74) is 5.42. The Morgan fingerprint density at radius 1 is 1.64 bits per heavy atom. The standard InChI is InChI=1S/C9H15N3O2/c10-4-1-5-12-9(13)8-3-2-7(6-11)14-8/h7-8H,1-3,5-6,11H2,(H,12,13). The average molecular weight is 197 g/mol. The number of carbonyl (C=O) groups excluding carboxylic acids is 1. The minimum absolute atomic E-state index is 0.0155. The smallest absolute Gasteiger partial charge is 0.249 e. The van der Waals surface area contributed by atoms with Crippen LogP contribution in [0.15, 0.2) is 0 Å². The van der Waals surface area contributed by atoms with E-state index in [1.807, 2.05) is 6.07 Å². The van der Waals surface area contributed by atoms with Crippen molar-refractivity contribution < 1.29 is 9.53 Å². The predicted octanol–water partition coefficient (Wildman–Crippen LogP) is -0.477. The van der Waals surface area contributed by atoms with Crippen molar-refractivity contribution in [1.29, 1.82) is 5.26 Å². The number of nitrogens with two attached hydrogens (primary N) is 1. The summed E-state index contributed by atoms with van der Waals surface area (Å²) < 4.78 is 5.38. The fourth-order valence-electron chi connectivity index (χ4n) is 1.43. The van der Waals surface area contributed by atoms with Crippen molar-refractivity contribution in [3.8, 4) is 6.07 Å². The van der Waals surface area contributed by atoms with E-state index in [-0.39, 0.29) is 18.1 Å². The Hall–Kier alpha value is -1.12. The van der Waals surface area contributed by atoms with Crippen LogP contribution in [0, 0.1) is 11.3 Å². The zero-order valence-electron chi connectivity index (χ0n) is 8.03. The van der Waals surface area contributed by atoms with Crippen LogP contribution >= 0.6 is 0 Å². The Balaban J connectivity index is 2.22. The van der Waals surface area contributed by atoms with Gasteiger partial charge in [0.1, 0.15) is 6.10 Å². The molecule has 0 radical (unpaired) electrons. The number of hydrogen-bond acceptors (Lipinski definition) is 4. The van der Waals surface area contributed by atoms with Crippen molar-refractivity contribution in [2.75, 3.05) is 13.1 Å². The van der Waals surface area contributed by atoms with E-state index < -0.39 is 0 Å². The first kappa shape index (κ1) is 11.0. The van der Waals surface area contributed by atoms with E-state index in [0.717, 1.165) is 12.8 Å². The molecule has 1 heterocycles. The van der Waals surface area contributed by atoms with E-state index in [4.69, 9.17) is 15.7 Å². The van der Waals surface area contributed by atoms with Crippen LogP contribution in [-0.4, -0.2) is 31.2 Å². The molecular formula is C9H15N3O2. The Kier molecular flexibility index (Phi) is 4.36. The fourth-order valence-corrected chi connectivity index (χ4v) is 1.43. The van der Waals surface area contributed by atoms with Crippen LogP contribution in [0.2, 0.25) is 0 Å². The molecule has 1 aliphatic heterocycles. The minimum Gasteiger partial charge on any atom is -0.364 e. The number of nitriles is 1. The van der Waals surface area contributed by atoms with Gasteiger partial charge < -0.3 is 15.8 Å². The second-order valence-electron chi connectivity index (χ2n) is 3.26. The molecule has 3 N–H and O–H groups in total. The molecule has 0 saturated carbocycles. The first-order valence-corrected chi connectivity index (χ1v) is 4.78. The summed E-state index contributed by atoms with van der Waals surface area (Å²) in [6.07, 6.45) is 1.54. The highest BCUT2D eigenvalue weighted by atomic mass is 16.5.